The van der Waals surface area contributed by atoms with E-state index in [9.17, 15) is 13.2 Å². The summed E-state index contributed by atoms with van der Waals surface area (Å²) >= 11 is 0. The molecule has 0 bridgehead atoms. The molecule has 184 valence electrons. The molecule has 2 aromatic carbocycles. The van der Waals surface area contributed by atoms with Crippen molar-refractivity contribution in [2.45, 2.75) is 50.4 Å². The molecule has 9 nitrogen and oxygen atoms in total. The first-order chi connectivity index (χ1) is 16.7. The average molecular weight is 498 g/mol. The fraction of sp³-hybridized carbons (Fsp3) is 0.360. The normalized spacial score (nSPS) is 22.4. The maximum atomic E-state index is 13.0. The van der Waals surface area contributed by atoms with Crippen LogP contribution in [-0.4, -0.2) is 55.2 Å². The van der Waals surface area contributed by atoms with Gasteiger partial charge in [0.15, 0.2) is 11.5 Å². The lowest BCUT2D eigenvalue weighted by Gasteiger charge is -2.34. The van der Waals surface area contributed by atoms with E-state index in [0.717, 1.165) is 23.3 Å². The highest BCUT2D eigenvalue weighted by atomic mass is 32.2. The zero-order valence-electron chi connectivity index (χ0n) is 19.7. The number of carbonyl (C=O) groups is 1. The predicted octanol–water partition coefficient (Wildman–Crippen LogP) is 3.72. The maximum Gasteiger partial charge on any atom is 0.277 e. The van der Waals surface area contributed by atoms with Gasteiger partial charge in [-0.1, -0.05) is 5.16 Å². The average Bonchev–Trinajstić information content (AvgIpc) is 3.44. The van der Waals surface area contributed by atoms with Crippen LogP contribution in [0.15, 0.2) is 57.9 Å². The number of sulfonamides is 1. The molecule has 0 unspecified atom stereocenters. The molecular weight excluding hydrogens is 470 g/mol. The van der Waals surface area contributed by atoms with E-state index in [4.69, 9.17) is 14.0 Å². The van der Waals surface area contributed by atoms with Crippen LogP contribution >= 0.6 is 0 Å². The van der Waals surface area contributed by atoms with Crippen molar-refractivity contribution in [1.29, 1.82) is 0 Å². The Bertz CT molecular complexity index is 1340. The lowest BCUT2D eigenvalue weighted by atomic mass is 10.1. The number of benzene rings is 2. The number of fused-ring (bicyclic) bond motifs is 1. The third kappa shape index (κ3) is 4.82. The summed E-state index contributed by atoms with van der Waals surface area (Å²) in [5.74, 6) is 0.888. The molecule has 3 atom stereocenters. The second-order valence-electron chi connectivity index (χ2n) is 9.09. The number of anilines is 1. The van der Waals surface area contributed by atoms with Gasteiger partial charge in [-0.25, -0.2) is 8.42 Å². The quantitative estimate of drug-likeness (QED) is 0.572. The summed E-state index contributed by atoms with van der Waals surface area (Å²) in [6.07, 6.45) is 0.611. The molecule has 3 aromatic rings. The fourth-order valence-electron chi connectivity index (χ4n) is 4.47. The Morgan fingerprint density at radius 2 is 1.71 bits per heavy atom. The first kappa shape index (κ1) is 23.5. The molecule has 0 aliphatic carbocycles. The number of hydrogen-bond acceptors (Lipinski definition) is 7. The van der Waals surface area contributed by atoms with Crippen molar-refractivity contribution in [3.05, 3.63) is 59.8 Å². The van der Waals surface area contributed by atoms with Gasteiger partial charge < -0.3 is 19.3 Å². The number of nitrogens with one attached hydrogen (secondary N) is 1. The number of amides is 1. The van der Waals surface area contributed by atoms with Crippen molar-refractivity contribution < 1.29 is 27.2 Å². The smallest absolute Gasteiger partial charge is 0.277 e. The summed E-state index contributed by atoms with van der Waals surface area (Å²) in [6.45, 7) is 6.32. The van der Waals surface area contributed by atoms with Crippen LogP contribution in [0.4, 0.5) is 5.69 Å². The Morgan fingerprint density at radius 1 is 1.00 bits per heavy atom. The highest BCUT2D eigenvalue weighted by Crippen LogP contribution is 2.33. The van der Waals surface area contributed by atoms with Crippen LogP contribution in [0, 0.1) is 0 Å². The van der Waals surface area contributed by atoms with Gasteiger partial charge in [0, 0.05) is 36.8 Å². The summed E-state index contributed by atoms with van der Waals surface area (Å²) in [7, 11) is -3.66. The first-order valence-electron chi connectivity index (χ1n) is 11.5. The lowest BCUT2D eigenvalue weighted by Crippen LogP contribution is -2.48. The van der Waals surface area contributed by atoms with Gasteiger partial charge in [0.25, 0.3) is 5.91 Å². The number of ether oxygens (including phenoxy) is 2. The molecule has 0 spiro atoms. The van der Waals surface area contributed by atoms with Crippen molar-refractivity contribution in [2.24, 2.45) is 0 Å². The maximum absolute atomic E-state index is 13.0. The Morgan fingerprint density at radius 3 is 2.43 bits per heavy atom. The van der Waals surface area contributed by atoms with Gasteiger partial charge in [-0.05, 0) is 68.8 Å². The van der Waals surface area contributed by atoms with Crippen LogP contribution < -0.4 is 10.1 Å². The molecule has 0 saturated carbocycles. The summed E-state index contributed by atoms with van der Waals surface area (Å²) in [6, 6.07) is 13.4. The van der Waals surface area contributed by atoms with Crippen molar-refractivity contribution >= 4 is 21.6 Å². The second-order valence-corrected chi connectivity index (χ2v) is 11.0. The van der Waals surface area contributed by atoms with Crippen LogP contribution in [0.25, 0.3) is 11.3 Å². The van der Waals surface area contributed by atoms with Gasteiger partial charge in [0.1, 0.15) is 11.9 Å². The first-order valence-corrected chi connectivity index (χ1v) is 13.0. The highest BCUT2D eigenvalue weighted by Gasteiger charge is 2.32. The summed E-state index contributed by atoms with van der Waals surface area (Å²) in [4.78, 5) is 12.9. The third-order valence-corrected chi connectivity index (χ3v) is 7.91. The van der Waals surface area contributed by atoms with Crippen LogP contribution in [0.1, 0.15) is 36.8 Å². The number of morpholine rings is 1. The van der Waals surface area contributed by atoms with Gasteiger partial charge in [-0.3, -0.25) is 4.79 Å². The van der Waals surface area contributed by atoms with E-state index >= 15 is 0 Å². The Kier molecular flexibility index (Phi) is 6.12. The van der Waals surface area contributed by atoms with Gasteiger partial charge in [-0.15, -0.1) is 0 Å². The van der Waals surface area contributed by atoms with E-state index in [-0.39, 0.29) is 28.9 Å². The fourth-order valence-corrected chi connectivity index (χ4v) is 6.07. The Labute approximate surface area is 204 Å². The standard InChI is InChI=1S/C25H27N3O6S/c1-15-10-19-11-18(4-9-23(19)33-15)24-12-22(27-34-24)25(29)26-20-5-7-21(8-6-20)35(30,31)28-13-16(2)32-17(3)14-28/h4-9,11-12,15-17H,10,13-14H2,1-3H3,(H,26,29)/t15-,16-,17-/m1/s1. The molecule has 1 N–H and O–H groups in total. The highest BCUT2D eigenvalue weighted by molar-refractivity contribution is 7.89. The van der Waals surface area contributed by atoms with Gasteiger partial charge in [0.05, 0.1) is 17.1 Å². The van der Waals surface area contributed by atoms with E-state index in [0.29, 0.717) is 24.5 Å². The summed E-state index contributed by atoms with van der Waals surface area (Å²) < 4.78 is 44.2. The molecule has 1 amide bonds. The number of nitrogens with zero attached hydrogens (tertiary/aromatic N) is 2. The Hall–Kier alpha value is -3.21. The van der Waals surface area contributed by atoms with E-state index in [2.05, 4.69) is 10.5 Å². The lowest BCUT2D eigenvalue weighted by molar-refractivity contribution is -0.0440. The van der Waals surface area contributed by atoms with Gasteiger partial charge >= 0.3 is 0 Å². The van der Waals surface area contributed by atoms with E-state index < -0.39 is 15.9 Å². The van der Waals surface area contributed by atoms with Crippen molar-refractivity contribution in [1.82, 2.24) is 9.46 Å². The van der Waals surface area contributed by atoms with E-state index in [1.54, 1.807) is 18.2 Å². The molecule has 5 rings (SSSR count). The summed E-state index contributed by atoms with van der Waals surface area (Å²) in [5.41, 5.74) is 2.48. The number of hydrogen-bond donors (Lipinski definition) is 1. The van der Waals surface area contributed by atoms with E-state index in [1.807, 2.05) is 39.0 Å². The van der Waals surface area contributed by atoms with Crippen LogP contribution in [-0.2, 0) is 21.2 Å². The zero-order chi connectivity index (χ0) is 24.7. The van der Waals surface area contributed by atoms with Gasteiger partial charge in [0.2, 0.25) is 10.0 Å². The second kappa shape index (κ2) is 9.10. The van der Waals surface area contributed by atoms with E-state index in [1.165, 1.54) is 16.4 Å². The predicted molar refractivity (Wildman–Crippen MR) is 129 cm³/mol. The van der Waals surface area contributed by atoms with Crippen molar-refractivity contribution in [3.63, 3.8) is 0 Å². The largest absolute Gasteiger partial charge is 0.490 e. The van der Waals surface area contributed by atoms with Crippen molar-refractivity contribution in [3.8, 4) is 17.1 Å². The number of rotatable bonds is 5. The SMILES string of the molecule is C[C@@H]1Cc2cc(-c3cc(C(=O)Nc4ccc(S(=O)(=O)N5C[C@@H](C)O[C@H](C)C5)cc4)no3)ccc2O1. The Balaban J connectivity index is 1.26. The third-order valence-electron chi connectivity index (χ3n) is 6.06. The molecule has 10 heteroatoms. The molecule has 2 aliphatic heterocycles. The number of carbonyl (C=O) groups excluding carboxylic acids is 1. The van der Waals surface area contributed by atoms with Crippen molar-refractivity contribution in [2.75, 3.05) is 18.4 Å². The van der Waals surface area contributed by atoms with Crippen LogP contribution in [0.3, 0.4) is 0 Å². The molecule has 0 radical (unpaired) electrons. The zero-order valence-corrected chi connectivity index (χ0v) is 20.5. The van der Waals surface area contributed by atoms with Crippen LogP contribution in [0.2, 0.25) is 0 Å². The number of aromatic nitrogens is 1. The topological polar surface area (TPSA) is 111 Å². The summed E-state index contributed by atoms with van der Waals surface area (Å²) in [5, 5.41) is 6.63. The minimum Gasteiger partial charge on any atom is -0.490 e. The van der Waals surface area contributed by atoms with Gasteiger partial charge in [-0.2, -0.15) is 4.31 Å². The van der Waals surface area contributed by atoms with Crippen LogP contribution in [0.5, 0.6) is 5.75 Å². The monoisotopic (exact) mass is 497 g/mol. The molecule has 1 saturated heterocycles. The molecule has 1 fully saturated rings. The molecule has 2 aliphatic rings. The molecule has 1 aromatic heterocycles. The molecule has 35 heavy (non-hydrogen) atoms. The molecule has 3 heterocycles. The minimum atomic E-state index is -3.66. The minimum absolute atomic E-state index is 0.123. The molecular formula is C25H27N3O6S.